The number of methoxy groups -OCH3 is 2. The maximum absolute atomic E-state index is 13.0. The molecular formula is C30H30O9. The van der Waals surface area contributed by atoms with Crippen LogP contribution in [-0.2, 0) is 14.2 Å². The van der Waals surface area contributed by atoms with Gasteiger partial charge in [-0.3, -0.25) is 4.79 Å². The quantitative estimate of drug-likeness (QED) is 0.318. The van der Waals surface area contributed by atoms with Crippen molar-refractivity contribution >= 4 is 17.7 Å². The third kappa shape index (κ3) is 5.88. The number of phenols is 1. The first-order valence-electron chi connectivity index (χ1n) is 12.4. The number of aromatic hydroxyl groups is 1. The molecule has 1 saturated heterocycles. The van der Waals surface area contributed by atoms with Crippen LogP contribution in [0.2, 0.25) is 0 Å². The lowest BCUT2D eigenvalue weighted by Crippen LogP contribution is -2.48. The highest BCUT2D eigenvalue weighted by Crippen LogP contribution is 2.47. The second-order valence-corrected chi connectivity index (χ2v) is 9.09. The van der Waals surface area contributed by atoms with E-state index in [4.69, 9.17) is 23.7 Å². The number of hydrogen-bond acceptors (Lipinski definition) is 9. The molecule has 0 radical (unpaired) electrons. The number of Topliss-reactive ketones (excluding diaryl/α,β-unsaturated/α-hetero) is 1. The van der Waals surface area contributed by atoms with Gasteiger partial charge in [-0.15, -0.1) is 0 Å². The molecule has 1 aliphatic rings. The number of carbonyl (C=O) groups is 3. The average molecular weight is 535 g/mol. The summed E-state index contributed by atoms with van der Waals surface area (Å²) in [4.78, 5) is 38.3. The summed E-state index contributed by atoms with van der Waals surface area (Å²) >= 11 is 0. The highest BCUT2D eigenvalue weighted by Gasteiger charge is 2.44. The van der Waals surface area contributed by atoms with Gasteiger partial charge in [0.15, 0.2) is 11.9 Å². The van der Waals surface area contributed by atoms with Crippen molar-refractivity contribution in [1.82, 2.24) is 0 Å². The molecule has 1 N–H and O–H groups in total. The largest absolute Gasteiger partial charge is 0.507 e. The van der Waals surface area contributed by atoms with Crippen molar-refractivity contribution in [2.75, 3.05) is 14.2 Å². The fourth-order valence-electron chi connectivity index (χ4n) is 4.68. The molecule has 9 nitrogen and oxygen atoms in total. The number of rotatable bonds is 8. The molecule has 0 bridgehead atoms. The van der Waals surface area contributed by atoms with Crippen LogP contribution in [0.15, 0.2) is 66.7 Å². The molecule has 204 valence electrons. The van der Waals surface area contributed by atoms with Crippen LogP contribution >= 0.6 is 0 Å². The molecule has 39 heavy (non-hydrogen) atoms. The maximum Gasteiger partial charge on any atom is 0.338 e. The van der Waals surface area contributed by atoms with Crippen molar-refractivity contribution < 1.29 is 43.2 Å². The molecule has 0 unspecified atom stereocenters. The third-order valence-corrected chi connectivity index (χ3v) is 6.55. The SMILES string of the molecule is COc1cc(OC)c([C@H]2C[C@H](OC(=O)c3ccccc3)[C@H](OC(=O)c3ccccc3)[C@@H](C)O2)c(O)c1C(C)=O. The molecule has 3 aromatic rings. The molecule has 1 heterocycles. The van der Waals surface area contributed by atoms with Gasteiger partial charge in [-0.25, -0.2) is 9.59 Å². The lowest BCUT2D eigenvalue weighted by Gasteiger charge is -2.40. The molecule has 1 aliphatic heterocycles. The number of ether oxygens (including phenoxy) is 5. The van der Waals surface area contributed by atoms with Gasteiger partial charge in [0.1, 0.15) is 28.9 Å². The summed E-state index contributed by atoms with van der Waals surface area (Å²) < 4.78 is 28.7. The van der Waals surface area contributed by atoms with Crippen molar-refractivity contribution in [3.63, 3.8) is 0 Å². The first-order chi connectivity index (χ1) is 18.7. The minimum Gasteiger partial charge on any atom is -0.507 e. The molecule has 0 aromatic heterocycles. The zero-order valence-corrected chi connectivity index (χ0v) is 22.1. The average Bonchev–Trinajstić information content (AvgIpc) is 2.94. The lowest BCUT2D eigenvalue weighted by molar-refractivity contribution is -0.168. The van der Waals surface area contributed by atoms with Crippen molar-refractivity contribution in [2.24, 2.45) is 0 Å². The minimum atomic E-state index is -0.958. The Morgan fingerprint density at radius 2 is 1.38 bits per heavy atom. The van der Waals surface area contributed by atoms with E-state index in [1.54, 1.807) is 67.6 Å². The van der Waals surface area contributed by atoms with Gasteiger partial charge in [0.05, 0.1) is 43.1 Å². The summed E-state index contributed by atoms with van der Waals surface area (Å²) in [6.07, 6.45) is -3.55. The van der Waals surface area contributed by atoms with Gasteiger partial charge in [0.25, 0.3) is 0 Å². The van der Waals surface area contributed by atoms with Crippen LogP contribution < -0.4 is 9.47 Å². The zero-order valence-electron chi connectivity index (χ0n) is 22.1. The van der Waals surface area contributed by atoms with Gasteiger partial charge in [0, 0.05) is 12.5 Å². The molecule has 0 aliphatic carbocycles. The molecule has 0 amide bonds. The number of esters is 2. The summed E-state index contributed by atoms with van der Waals surface area (Å²) in [6, 6.07) is 18.4. The predicted molar refractivity (Wildman–Crippen MR) is 140 cm³/mol. The van der Waals surface area contributed by atoms with E-state index in [0.717, 1.165) is 0 Å². The van der Waals surface area contributed by atoms with E-state index in [1.165, 1.54) is 27.2 Å². The number of carbonyl (C=O) groups excluding carboxylic acids is 3. The van der Waals surface area contributed by atoms with Crippen LogP contribution in [0.25, 0.3) is 0 Å². The fourth-order valence-corrected chi connectivity index (χ4v) is 4.68. The number of benzene rings is 3. The Morgan fingerprint density at radius 3 is 1.90 bits per heavy atom. The summed E-state index contributed by atoms with van der Waals surface area (Å²) in [6.45, 7) is 2.99. The van der Waals surface area contributed by atoms with Crippen LogP contribution in [0.4, 0.5) is 0 Å². The van der Waals surface area contributed by atoms with Gasteiger partial charge >= 0.3 is 11.9 Å². The third-order valence-electron chi connectivity index (χ3n) is 6.55. The van der Waals surface area contributed by atoms with E-state index < -0.39 is 42.1 Å². The Labute approximate surface area is 226 Å². The molecule has 1 fully saturated rings. The van der Waals surface area contributed by atoms with Gasteiger partial charge < -0.3 is 28.8 Å². The van der Waals surface area contributed by atoms with Crippen LogP contribution in [0.3, 0.4) is 0 Å². The molecule has 0 saturated carbocycles. The topological polar surface area (TPSA) is 118 Å². The summed E-state index contributed by atoms with van der Waals surface area (Å²) in [5, 5.41) is 11.2. The number of ketones is 1. The molecular weight excluding hydrogens is 504 g/mol. The molecule has 3 aromatic carbocycles. The molecule has 4 atom stereocenters. The Kier molecular flexibility index (Phi) is 8.51. The van der Waals surface area contributed by atoms with E-state index in [9.17, 15) is 19.5 Å². The lowest BCUT2D eigenvalue weighted by atomic mass is 9.91. The number of phenolic OH excluding ortho intramolecular Hbond substituents is 1. The van der Waals surface area contributed by atoms with Gasteiger partial charge in [-0.1, -0.05) is 36.4 Å². The van der Waals surface area contributed by atoms with Crippen molar-refractivity contribution in [3.8, 4) is 17.2 Å². The smallest absolute Gasteiger partial charge is 0.338 e. The molecule has 9 heteroatoms. The van der Waals surface area contributed by atoms with Crippen LogP contribution in [0.5, 0.6) is 17.2 Å². The van der Waals surface area contributed by atoms with Gasteiger partial charge in [0.2, 0.25) is 0 Å². The second-order valence-electron chi connectivity index (χ2n) is 9.09. The van der Waals surface area contributed by atoms with Gasteiger partial charge in [-0.05, 0) is 38.1 Å². The Bertz CT molecular complexity index is 1340. The monoisotopic (exact) mass is 534 g/mol. The van der Waals surface area contributed by atoms with Crippen molar-refractivity contribution in [3.05, 3.63) is 89.0 Å². The van der Waals surface area contributed by atoms with E-state index in [1.807, 2.05) is 0 Å². The highest BCUT2D eigenvalue weighted by atomic mass is 16.6. The summed E-state index contributed by atoms with van der Waals surface area (Å²) in [5.74, 6) is -1.61. The van der Waals surface area contributed by atoms with Crippen LogP contribution in [0, 0.1) is 0 Å². The molecule has 0 spiro atoms. The standard InChI is InChI=1S/C30H30O9/c1-17(31)25-21(35-3)15-22(36-4)26(27(25)32)23-16-24(38-29(33)19-11-7-5-8-12-19)28(18(2)37-23)39-30(34)20-13-9-6-10-14-20/h5-15,18,23-24,28,32H,16H2,1-4H3/t18-,23-,24+,28-/m1/s1. The normalized spacial score (nSPS) is 20.5. The number of hydrogen-bond donors (Lipinski definition) is 1. The minimum absolute atomic E-state index is 0.00322. The van der Waals surface area contributed by atoms with Crippen LogP contribution in [0.1, 0.15) is 63.0 Å². The second kappa shape index (κ2) is 12.0. The summed E-state index contributed by atoms with van der Waals surface area (Å²) in [7, 11) is 2.79. The Balaban J connectivity index is 1.71. The highest BCUT2D eigenvalue weighted by molar-refractivity contribution is 6.00. The first kappa shape index (κ1) is 27.7. The van der Waals surface area contributed by atoms with E-state index >= 15 is 0 Å². The van der Waals surface area contributed by atoms with E-state index in [2.05, 4.69) is 0 Å². The van der Waals surface area contributed by atoms with E-state index in [0.29, 0.717) is 11.1 Å². The maximum atomic E-state index is 13.0. The Morgan fingerprint density at radius 1 is 0.846 bits per heavy atom. The van der Waals surface area contributed by atoms with Gasteiger partial charge in [-0.2, -0.15) is 0 Å². The predicted octanol–water partition coefficient (Wildman–Crippen LogP) is 4.91. The first-order valence-corrected chi connectivity index (χ1v) is 12.4. The molecule has 4 rings (SSSR count). The zero-order chi connectivity index (χ0) is 28.1. The fraction of sp³-hybridized carbons (Fsp3) is 0.300. The Hall–Kier alpha value is -4.37. The summed E-state index contributed by atoms with van der Waals surface area (Å²) in [5.41, 5.74) is 0.828. The van der Waals surface area contributed by atoms with E-state index in [-0.39, 0.29) is 34.8 Å². The van der Waals surface area contributed by atoms with Crippen molar-refractivity contribution in [2.45, 2.75) is 44.7 Å². The van der Waals surface area contributed by atoms with Crippen molar-refractivity contribution in [1.29, 1.82) is 0 Å². The van der Waals surface area contributed by atoms with Crippen LogP contribution in [-0.4, -0.2) is 55.4 Å².